The van der Waals surface area contributed by atoms with E-state index in [0.717, 1.165) is 34.3 Å². The second-order valence-corrected chi connectivity index (χ2v) is 13.6. The summed E-state index contributed by atoms with van der Waals surface area (Å²) >= 11 is 6.04. The summed E-state index contributed by atoms with van der Waals surface area (Å²) in [5.74, 6) is 0.0650. The van der Waals surface area contributed by atoms with Crippen LogP contribution < -0.4 is 26.2 Å². The van der Waals surface area contributed by atoms with Crippen LogP contribution in [0.15, 0.2) is 53.3 Å². The first-order chi connectivity index (χ1) is 21.7. The molecule has 13 nitrogen and oxygen atoms in total. The van der Waals surface area contributed by atoms with E-state index in [1.165, 1.54) is 10.6 Å². The van der Waals surface area contributed by atoms with Crippen LogP contribution >= 0.6 is 11.6 Å². The summed E-state index contributed by atoms with van der Waals surface area (Å²) in [6.07, 6.45) is 0.874. The summed E-state index contributed by atoms with van der Waals surface area (Å²) in [7, 11) is -2.16. The molecule has 0 fully saturated rings. The van der Waals surface area contributed by atoms with Crippen LogP contribution in [0.3, 0.4) is 0 Å². The molecule has 5 aromatic rings. The number of nitrogens with one attached hydrogen (secondary N) is 2. The van der Waals surface area contributed by atoms with Gasteiger partial charge >= 0.3 is 0 Å². The molecule has 0 spiro atoms. The van der Waals surface area contributed by atoms with Crippen molar-refractivity contribution < 1.29 is 13.2 Å². The monoisotopic (exact) mass is 661 g/mol. The molecule has 1 atom stereocenters. The SMILES string of the molecule is Cc1cc([C@@H](C)Nc2ccc(Cl)nc2C(=O)NS(C)(=O)=O)c2nc(N3Cc4nn(-c5ccccc5C)c(N)c4C3)n(C)c(=O)c2c1. The van der Waals surface area contributed by atoms with Crippen molar-refractivity contribution in [1.29, 1.82) is 0 Å². The molecule has 0 bridgehead atoms. The number of para-hydroxylation sites is 1. The van der Waals surface area contributed by atoms with Crippen molar-refractivity contribution in [2.45, 2.75) is 39.9 Å². The minimum absolute atomic E-state index is 0.0189. The third-order valence-corrected chi connectivity index (χ3v) is 8.71. The largest absolute Gasteiger partial charge is 0.383 e. The number of sulfonamides is 1. The summed E-state index contributed by atoms with van der Waals surface area (Å²) in [4.78, 5) is 37.6. The maximum absolute atomic E-state index is 13.8. The predicted octanol–water partition coefficient (Wildman–Crippen LogP) is 3.75. The molecule has 0 saturated heterocycles. The number of nitrogens with zero attached hydrogens (tertiary/aromatic N) is 6. The minimum atomic E-state index is -3.85. The fraction of sp³-hybridized carbons (Fsp3) is 0.258. The molecule has 2 aromatic carbocycles. The molecule has 0 aliphatic carbocycles. The number of carbonyl (C=O) groups is 1. The molecule has 15 heteroatoms. The van der Waals surface area contributed by atoms with Crippen molar-refractivity contribution >= 4 is 55.9 Å². The Morgan fingerprint density at radius 2 is 1.83 bits per heavy atom. The van der Waals surface area contributed by atoms with Crippen LogP contribution in [0.2, 0.25) is 5.15 Å². The normalized spacial score (nSPS) is 13.6. The van der Waals surface area contributed by atoms with Gasteiger partial charge in [0.15, 0.2) is 5.69 Å². The Morgan fingerprint density at radius 1 is 1.09 bits per heavy atom. The van der Waals surface area contributed by atoms with Gasteiger partial charge in [-0.1, -0.05) is 35.9 Å². The molecule has 0 radical (unpaired) electrons. The molecule has 4 N–H and O–H groups in total. The van der Waals surface area contributed by atoms with Gasteiger partial charge in [0.2, 0.25) is 16.0 Å². The van der Waals surface area contributed by atoms with E-state index < -0.39 is 22.0 Å². The minimum Gasteiger partial charge on any atom is -0.383 e. The summed E-state index contributed by atoms with van der Waals surface area (Å²) in [6, 6.07) is 14.1. The van der Waals surface area contributed by atoms with Crippen molar-refractivity contribution in [1.82, 2.24) is 29.0 Å². The number of pyridine rings is 1. The number of rotatable bonds is 7. The number of aryl methyl sites for hydroxylation is 2. The number of halogens is 1. The van der Waals surface area contributed by atoms with Gasteiger partial charge in [-0.2, -0.15) is 5.10 Å². The van der Waals surface area contributed by atoms with E-state index in [2.05, 4.69) is 10.3 Å². The van der Waals surface area contributed by atoms with Crippen molar-refractivity contribution in [2.75, 3.05) is 22.2 Å². The van der Waals surface area contributed by atoms with Crippen LogP contribution in [0.1, 0.15) is 51.4 Å². The number of benzene rings is 2. The lowest BCUT2D eigenvalue weighted by Crippen LogP contribution is -2.31. The molecule has 0 unspecified atom stereocenters. The number of amides is 1. The quantitative estimate of drug-likeness (QED) is 0.218. The fourth-order valence-electron chi connectivity index (χ4n) is 5.77. The smallest absolute Gasteiger partial charge is 0.285 e. The summed E-state index contributed by atoms with van der Waals surface area (Å²) < 4.78 is 28.7. The maximum atomic E-state index is 13.8. The molecule has 238 valence electrons. The van der Waals surface area contributed by atoms with Gasteiger partial charge in [0.05, 0.1) is 53.4 Å². The fourth-order valence-corrected chi connectivity index (χ4v) is 6.35. The number of nitrogen functional groups attached to an aromatic ring is 1. The lowest BCUT2D eigenvalue weighted by molar-refractivity contribution is 0.0977. The molecule has 6 rings (SSSR count). The maximum Gasteiger partial charge on any atom is 0.285 e. The van der Waals surface area contributed by atoms with Gasteiger partial charge in [0.1, 0.15) is 11.0 Å². The zero-order valence-corrected chi connectivity index (χ0v) is 27.4. The third kappa shape index (κ3) is 5.65. The highest BCUT2D eigenvalue weighted by atomic mass is 35.5. The molecule has 1 aliphatic heterocycles. The molecule has 4 heterocycles. The Bertz CT molecular complexity index is 2230. The third-order valence-electron chi connectivity index (χ3n) is 7.95. The number of anilines is 3. The number of fused-ring (bicyclic) bond motifs is 2. The van der Waals surface area contributed by atoms with E-state index in [-0.39, 0.29) is 22.1 Å². The van der Waals surface area contributed by atoms with Crippen molar-refractivity contribution in [3.05, 3.63) is 97.7 Å². The number of hydrogen-bond acceptors (Lipinski definition) is 10. The van der Waals surface area contributed by atoms with Crippen LogP contribution in [0.4, 0.5) is 17.5 Å². The lowest BCUT2D eigenvalue weighted by atomic mass is 10.0. The Labute approximate surface area is 270 Å². The Kier molecular flexibility index (Phi) is 7.73. The van der Waals surface area contributed by atoms with E-state index in [1.807, 2.05) is 60.7 Å². The Morgan fingerprint density at radius 3 is 2.52 bits per heavy atom. The van der Waals surface area contributed by atoms with Gasteiger partial charge in [0, 0.05) is 18.2 Å². The van der Waals surface area contributed by atoms with E-state index in [4.69, 9.17) is 27.4 Å². The standard InChI is InChI=1S/C31H32ClN9O4S/c1-16-12-19(18(3)34-22-10-11-25(32)35-27(22)29(42)38-46(5,44)45)26-20(13-16)30(43)39(4)31(36-26)40-14-21-23(15-40)37-41(28(21)33)24-9-7-6-8-17(24)2/h6-13,18,34H,14-15,33H2,1-5H3,(H,38,42)/t18-/m1/s1. The molecule has 1 aliphatic rings. The highest BCUT2D eigenvalue weighted by molar-refractivity contribution is 7.89. The average Bonchev–Trinajstić information content (AvgIpc) is 3.54. The van der Waals surface area contributed by atoms with Gasteiger partial charge in [-0.15, -0.1) is 0 Å². The van der Waals surface area contributed by atoms with E-state index >= 15 is 0 Å². The van der Waals surface area contributed by atoms with Gasteiger partial charge in [0.25, 0.3) is 11.5 Å². The highest BCUT2D eigenvalue weighted by Crippen LogP contribution is 2.34. The van der Waals surface area contributed by atoms with Crippen molar-refractivity contribution in [2.24, 2.45) is 7.05 Å². The molecular formula is C31H32ClN9O4S. The molecule has 1 amide bonds. The van der Waals surface area contributed by atoms with Crippen LogP contribution in [0.5, 0.6) is 0 Å². The number of aromatic nitrogens is 5. The second kappa shape index (κ2) is 11.4. The second-order valence-electron chi connectivity index (χ2n) is 11.5. The van der Waals surface area contributed by atoms with Crippen LogP contribution in [0, 0.1) is 13.8 Å². The van der Waals surface area contributed by atoms with E-state index in [9.17, 15) is 18.0 Å². The topological polar surface area (TPSA) is 170 Å². The average molecular weight is 662 g/mol. The van der Waals surface area contributed by atoms with Crippen molar-refractivity contribution in [3.8, 4) is 5.69 Å². The molecule has 3 aromatic heterocycles. The van der Waals surface area contributed by atoms with Crippen LogP contribution in [-0.2, 0) is 30.2 Å². The van der Waals surface area contributed by atoms with Gasteiger partial charge < -0.3 is 16.0 Å². The predicted molar refractivity (Wildman–Crippen MR) is 178 cm³/mol. The van der Waals surface area contributed by atoms with E-state index in [0.29, 0.717) is 41.3 Å². The first-order valence-electron chi connectivity index (χ1n) is 14.4. The highest BCUT2D eigenvalue weighted by Gasteiger charge is 2.30. The molecule has 46 heavy (non-hydrogen) atoms. The zero-order valence-electron chi connectivity index (χ0n) is 25.8. The number of nitrogens with two attached hydrogens (primary N) is 1. The first kappa shape index (κ1) is 31.0. The molecule has 0 saturated carbocycles. The van der Waals surface area contributed by atoms with Gasteiger partial charge in [-0.05, 0) is 56.2 Å². The Hall–Kier alpha value is -4.95. The van der Waals surface area contributed by atoms with Crippen molar-refractivity contribution in [3.63, 3.8) is 0 Å². The first-order valence-corrected chi connectivity index (χ1v) is 16.6. The zero-order chi connectivity index (χ0) is 33.1. The van der Waals surface area contributed by atoms with Crippen LogP contribution in [-0.4, -0.2) is 44.9 Å². The summed E-state index contributed by atoms with van der Waals surface area (Å²) in [6.45, 7) is 6.57. The molecular weight excluding hydrogens is 630 g/mol. The van der Waals surface area contributed by atoms with Gasteiger partial charge in [-0.25, -0.2) is 27.8 Å². The lowest BCUT2D eigenvalue weighted by Gasteiger charge is -2.23. The van der Waals surface area contributed by atoms with Crippen LogP contribution in [0.25, 0.3) is 16.6 Å². The Balaban J connectivity index is 1.37. The summed E-state index contributed by atoms with van der Waals surface area (Å²) in [5, 5.41) is 8.49. The number of hydrogen-bond donors (Lipinski definition) is 3. The number of carbonyl (C=O) groups excluding carboxylic acids is 1. The van der Waals surface area contributed by atoms with Gasteiger partial charge in [-0.3, -0.25) is 14.2 Å². The summed E-state index contributed by atoms with van der Waals surface area (Å²) in [5.41, 5.74) is 12.1. The van der Waals surface area contributed by atoms with E-state index in [1.54, 1.807) is 23.9 Å².